The van der Waals surface area contributed by atoms with Crippen molar-refractivity contribution in [1.29, 1.82) is 0 Å². The summed E-state index contributed by atoms with van der Waals surface area (Å²) < 4.78 is 27.3. The van der Waals surface area contributed by atoms with Crippen molar-refractivity contribution >= 4 is 60.8 Å². The molecule has 3 heterocycles. The minimum atomic E-state index is -2.80. The number of thiophene rings is 1. The van der Waals surface area contributed by atoms with Crippen LogP contribution in [0.25, 0.3) is 10.2 Å². The van der Waals surface area contributed by atoms with Crippen LogP contribution in [0.4, 0.5) is 20.3 Å². The molecule has 3 aromatic heterocycles. The molecule has 3 N–H and O–H groups in total. The molecule has 0 radical (unpaired) electrons. The van der Waals surface area contributed by atoms with Crippen LogP contribution in [0.15, 0.2) is 10.5 Å². The summed E-state index contributed by atoms with van der Waals surface area (Å²) in [6.07, 6.45) is -2.80. The third kappa shape index (κ3) is 3.87. The van der Waals surface area contributed by atoms with Gasteiger partial charge in [0, 0.05) is 5.39 Å². The van der Waals surface area contributed by atoms with Gasteiger partial charge in [-0.2, -0.15) is 4.68 Å². The molecule has 14 heteroatoms. The number of aryl methyl sites for hydroxylation is 1. The summed E-state index contributed by atoms with van der Waals surface area (Å²) in [7, 11) is 0. The summed E-state index contributed by atoms with van der Waals surface area (Å²) in [5, 5.41) is 17.6. The van der Waals surface area contributed by atoms with Gasteiger partial charge >= 0.3 is 5.82 Å². The van der Waals surface area contributed by atoms with Gasteiger partial charge in [0.2, 0.25) is 5.91 Å². The first-order chi connectivity index (χ1) is 14.0. The number of aromatic nitrogens is 3. The van der Waals surface area contributed by atoms with Gasteiger partial charge in [0.25, 0.3) is 12.3 Å². The number of pyridine rings is 1. The molecule has 30 heavy (non-hydrogen) atoms. The van der Waals surface area contributed by atoms with Crippen LogP contribution in [0.2, 0.25) is 0 Å². The Hall–Kier alpha value is -3.00. The van der Waals surface area contributed by atoms with Crippen LogP contribution in [0.1, 0.15) is 33.0 Å². The average Bonchev–Trinajstić information content (AvgIpc) is 3.15. The zero-order valence-electron chi connectivity index (χ0n) is 15.4. The van der Waals surface area contributed by atoms with Gasteiger partial charge < -0.3 is 21.2 Å². The molecule has 0 spiro atoms. The normalized spacial score (nSPS) is 11.3. The second kappa shape index (κ2) is 8.02. The van der Waals surface area contributed by atoms with E-state index in [-0.39, 0.29) is 19.9 Å². The number of carbonyl (C=O) groups excluding carboxylic acids is 2. The van der Waals surface area contributed by atoms with Crippen molar-refractivity contribution < 1.29 is 23.3 Å². The number of carbonyl (C=O) groups is 2. The highest BCUT2D eigenvalue weighted by Gasteiger charge is 2.26. The molecule has 3 aromatic rings. The fraction of sp³-hybridized carbons (Fsp3) is 0.250. The molecule has 0 atom stereocenters. The number of amides is 2. The molecule has 0 bridgehead atoms. The van der Waals surface area contributed by atoms with E-state index in [0.717, 1.165) is 22.1 Å². The van der Waals surface area contributed by atoms with Crippen molar-refractivity contribution in [3.63, 3.8) is 0 Å². The van der Waals surface area contributed by atoms with Gasteiger partial charge in [-0.05, 0) is 46.3 Å². The predicted octanol–water partition coefficient (Wildman–Crippen LogP) is 3.46. The van der Waals surface area contributed by atoms with Crippen LogP contribution >= 0.6 is 27.3 Å². The lowest BCUT2D eigenvalue weighted by Gasteiger charge is -2.08. The summed E-state index contributed by atoms with van der Waals surface area (Å²) >= 11 is 3.84. The fourth-order valence-electron chi connectivity index (χ4n) is 2.81. The van der Waals surface area contributed by atoms with E-state index in [1.165, 1.54) is 6.92 Å². The van der Waals surface area contributed by atoms with Gasteiger partial charge in [-0.25, -0.2) is 13.8 Å². The number of hydrogen-bond acceptors (Lipinski definition) is 7. The third-order valence-electron chi connectivity index (χ3n) is 4.17. The first-order valence-corrected chi connectivity index (χ1v) is 9.81. The van der Waals surface area contributed by atoms with Crippen LogP contribution in [-0.2, 0) is 11.3 Å². The zero-order valence-corrected chi connectivity index (χ0v) is 17.8. The van der Waals surface area contributed by atoms with Crippen molar-refractivity contribution in [2.24, 2.45) is 5.73 Å². The van der Waals surface area contributed by atoms with Crippen molar-refractivity contribution in [3.8, 4) is 0 Å². The van der Waals surface area contributed by atoms with Crippen molar-refractivity contribution in [3.05, 3.63) is 42.5 Å². The average molecular weight is 503 g/mol. The van der Waals surface area contributed by atoms with Gasteiger partial charge in [0.05, 0.1) is 16.5 Å². The second-order valence-corrected chi connectivity index (χ2v) is 7.99. The maximum atomic E-state index is 13.0. The standard InChI is InChI=1S/C16H13BrF2N6O4S/c1-5-3-7(13(18)19)21-16-9(5)11(12(30-16)14(20)27)22-8(26)4-24-6(2)10(17)15(23-24)25(28)29/h3,13H,4H2,1-2H3,(H2,20,27)(H,22,26). The van der Waals surface area contributed by atoms with Gasteiger partial charge in [-0.15, -0.1) is 11.3 Å². The lowest BCUT2D eigenvalue weighted by Crippen LogP contribution is -2.22. The third-order valence-corrected chi connectivity index (χ3v) is 6.20. The number of alkyl halides is 2. The summed E-state index contributed by atoms with van der Waals surface area (Å²) in [5.74, 6) is -1.96. The number of nitro groups is 1. The van der Waals surface area contributed by atoms with E-state index in [9.17, 15) is 28.5 Å². The molecule has 0 aliphatic rings. The monoisotopic (exact) mass is 502 g/mol. The highest BCUT2D eigenvalue weighted by atomic mass is 79.9. The molecule has 10 nitrogen and oxygen atoms in total. The number of fused-ring (bicyclic) bond motifs is 1. The fourth-order valence-corrected chi connectivity index (χ4v) is 4.30. The molecular formula is C16H13BrF2N6O4S. The van der Waals surface area contributed by atoms with Gasteiger partial charge in [-0.3, -0.25) is 9.59 Å². The SMILES string of the molecule is Cc1cc(C(F)F)nc2sc(C(N)=O)c(NC(=O)Cn3nc([N+](=O)[O-])c(Br)c3C)c12. The molecule has 2 amide bonds. The Kier molecular flexibility index (Phi) is 5.81. The first-order valence-electron chi connectivity index (χ1n) is 8.20. The topological polar surface area (TPSA) is 146 Å². The lowest BCUT2D eigenvalue weighted by molar-refractivity contribution is -0.390. The van der Waals surface area contributed by atoms with Crippen LogP contribution in [0.5, 0.6) is 0 Å². The van der Waals surface area contributed by atoms with E-state index in [0.29, 0.717) is 16.6 Å². The summed E-state index contributed by atoms with van der Waals surface area (Å²) in [6, 6.07) is 1.16. The molecule has 3 rings (SSSR count). The molecule has 0 aromatic carbocycles. The predicted molar refractivity (Wildman–Crippen MR) is 108 cm³/mol. The number of anilines is 1. The Morgan fingerprint density at radius 2 is 2.10 bits per heavy atom. The number of nitrogens with one attached hydrogen (secondary N) is 1. The Bertz CT molecular complexity index is 1210. The second-order valence-electron chi connectivity index (χ2n) is 6.20. The molecule has 0 saturated heterocycles. The van der Waals surface area contributed by atoms with Crippen molar-refractivity contribution in [1.82, 2.24) is 14.8 Å². The Balaban J connectivity index is 2.00. The number of hydrogen-bond donors (Lipinski definition) is 2. The molecule has 0 fully saturated rings. The van der Waals surface area contributed by atoms with Gasteiger partial charge in [0.15, 0.2) is 0 Å². The number of rotatable bonds is 6. The summed E-state index contributed by atoms with van der Waals surface area (Å²) in [6.45, 7) is 2.68. The Labute approximate surface area is 179 Å². The zero-order chi connectivity index (χ0) is 22.3. The lowest BCUT2D eigenvalue weighted by atomic mass is 10.1. The molecule has 0 unspecified atom stereocenters. The Morgan fingerprint density at radius 1 is 1.43 bits per heavy atom. The highest BCUT2D eigenvalue weighted by molar-refractivity contribution is 9.10. The molecular weight excluding hydrogens is 490 g/mol. The largest absolute Gasteiger partial charge is 0.404 e. The van der Waals surface area contributed by atoms with E-state index >= 15 is 0 Å². The summed E-state index contributed by atoms with van der Waals surface area (Å²) in [5.41, 5.74) is 5.70. The minimum absolute atomic E-state index is 0.0512. The van der Waals surface area contributed by atoms with Gasteiger partial charge in [-0.1, -0.05) is 0 Å². The van der Waals surface area contributed by atoms with E-state index in [4.69, 9.17) is 5.73 Å². The van der Waals surface area contributed by atoms with Crippen LogP contribution in [-0.4, -0.2) is 31.5 Å². The van der Waals surface area contributed by atoms with Gasteiger partial charge in [0.1, 0.15) is 26.4 Å². The van der Waals surface area contributed by atoms with E-state index < -0.39 is 41.2 Å². The smallest absolute Gasteiger partial charge is 0.365 e. The van der Waals surface area contributed by atoms with Crippen LogP contribution < -0.4 is 11.1 Å². The van der Waals surface area contributed by atoms with Crippen LogP contribution in [0.3, 0.4) is 0 Å². The molecule has 0 aliphatic heterocycles. The van der Waals surface area contributed by atoms with E-state index in [1.807, 2.05) is 0 Å². The highest BCUT2D eigenvalue weighted by Crippen LogP contribution is 2.38. The van der Waals surface area contributed by atoms with Crippen LogP contribution in [0, 0.1) is 24.0 Å². The van der Waals surface area contributed by atoms with E-state index in [1.54, 1.807) is 6.92 Å². The quantitative estimate of drug-likeness (QED) is 0.389. The molecule has 158 valence electrons. The number of primary amides is 1. The first kappa shape index (κ1) is 21.7. The Morgan fingerprint density at radius 3 is 2.63 bits per heavy atom. The molecule has 0 saturated carbocycles. The maximum Gasteiger partial charge on any atom is 0.404 e. The number of nitrogens with zero attached hydrogens (tertiary/aromatic N) is 4. The number of nitrogens with two attached hydrogens (primary N) is 1. The van der Waals surface area contributed by atoms with Crippen molar-refractivity contribution in [2.75, 3.05) is 5.32 Å². The number of halogens is 3. The van der Waals surface area contributed by atoms with Crippen molar-refractivity contribution in [2.45, 2.75) is 26.8 Å². The molecule has 0 aliphatic carbocycles. The minimum Gasteiger partial charge on any atom is -0.365 e. The maximum absolute atomic E-state index is 13.0. The summed E-state index contributed by atoms with van der Waals surface area (Å²) in [4.78, 5) is 38.7. The van der Waals surface area contributed by atoms with E-state index in [2.05, 4.69) is 31.3 Å².